The molecule has 0 saturated heterocycles. The lowest BCUT2D eigenvalue weighted by atomic mass is 10.2. The molecule has 0 spiro atoms. The highest BCUT2D eigenvalue weighted by atomic mass is 35.5. The summed E-state index contributed by atoms with van der Waals surface area (Å²) in [4.78, 5) is 0. The highest BCUT2D eigenvalue weighted by Gasteiger charge is 1.87. The molecule has 0 amide bonds. The Hall–Kier alpha value is -0.510. The molecule has 0 aromatic heterocycles. The van der Waals surface area contributed by atoms with E-state index in [0.29, 0.717) is 5.88 Å². The van der Waals surface area contributed by atoms with Crippen molar-refractivity contribution in [2.24, 2.45) is 11.5 Å². The van der Waals surface area contributed by atoms with Crippen LogP contribution < -0.4 is 11.5 Å². The summed E-state index contributed by atoms with van der Waals surface area (Å²) < 4.78 is 0. The molecule has 0 saturated carbocycles. The van der Waals surface area contributed by atoms with Crippen LogP contribution in [0.4, 0.5) is 0 Å². The molecule has 4 N–H and O–H groups in total. The third-order valence-corrected chi connectivity index (χ3v) is 1.63. The van der Waals surface area contributed by atoms with Gasteiger partial charge in [-0.3, -0.25) is 0 Å². The number of thiocarbonyl (C=S) groups is 1. The topological polar surface area (TPSA) is 52.0 Å². The summed E-state index contributed by atoms with van der Waals surface area (Å²) in [5.74, 6) is 0.553. The maximum Gasteiger partial charge on any atom is 0.160 e. The van der Waals surface area contributed by atoms with E-state index in [4.69, 9.17) is 23.2 Å². The average molecular weight is 237 g/mol. The van der Waals surface area contributed by atoms with E-state index in [1.165, 1.54) is 0 Å². The third-order valence-electron chi connectivity index (χ3n) is 1.07. The minimum atomic E-state index is 0.000000000000000222. The van der Waals surface area contributed by atoms with Crippen molar-refractivity contribution >= 4 is 40.5 Å². The molecule has 0 atom stereocenters. The molecule has 1 rings (SSSR count). The molecule has 2 nitrogen and oxygen atoms in total. The number of hydrogen-bond donors (Lipinski definition) is 2. The van der Waals surface area contributed by atoms with Crippen molar-refractivity contribution in [2.75, 3.05) is 0 Å². The third kappa shape index (κ3) is 7.84. The van der Waals surface area contributed by atoms with Crippen molar-refractivity contribution in [3.8, 4) is 0 Å². The molecule has 1 aromatic carbocycles. The molecule has 0 bridgehead atoms. The molecular formula is C8H10Cl2N2S. The molecule has 0 aliphatic rings. The van der Waals surface area contributed by atoms with Crippen LogP contribution in [0, 0.1) is 0 Å². The molecule has 1 aromatic rings. The van der Waals surface area contributed by atoms with Crippen LogP contribution >= 0.6 is 35.4 Å². The van der Waals surface area contributed by atoms with Crippen molar-refractivity contribution in [3.05, 3.63) is 34.9 Å². The monoisotopic (exact) mass is 236 g/mol. The Kier molecular flexibility index (Phi) is 6.68. The van der Waals surface area contributed by atoms with Gasteiger partial charge in [0.1, 0.15) is 0 Å². The first-order valence-corrected chi connectivity index (χ1v) is 4.73. The first-order chi connectivity index (χ1) is 6.06. The molecule has 0 radical (unpaired) electrons. The number of benzene rings is 1. The van der Waals surface area contributed by atoms with Crippen LogP contribution in [0.5, 0.6) is 0 Å². The first kappa shape index (κ1) is 12.5. The fourth-order valence-electron chi connectivity index (χ4n) is 0.573. The van der Waals surface area contributed by atoms with Crippen molar-refractivity contribution < 1.29 is 0 Å². The van der Waals surface area contributed by atoms with Gasteiger partial charge in [-0.25, -0.2) is 0 Å². The second-order valence-corrected chi connectivity index (χ2v) is 3.34. The van der Waals surface area contributed by atoms with Gasteiger partial charge in [-0.2, -0.15) is 0 Å². The molecule has 0 aliphatic carbocycles. The molecule has 0 unspecified atom stereocenters. The van der Waals surface area contributed by atoms with Crippen molar-refractivity contribution in [1.29, 1.82) is 0 Å². The minimum Gasteiger partial charge on any atom is -0.377 e. The van der Waals surface area contributed by atoms with Crippen LogP contribution in [-0.2, 0) is 5.88 Å². The van der Waals surface area contributed by atoms with E-state index >= 15 is 0 Å². The quantitative estimate of drug-likeness (QED) is 0.582. The number of hydrogen-bond acceptors (Lipinski definition) is 1. The lowest BCUT2D eigenvalue weighted by Crippen LogP contribution is -2.18. The Labute approximate surface area is 92.8 Å². The Morgan fingerprint density at radius 2 is 1.62 bits per heavy atom. The van der Waals surface area contributed by atoms with E-state index in [9.17, 15) is 0 Å². The van der Waals surface area contributed by atoms with Gasteiger partial charge in [-0.1, -0.05) is 23.7 Å². The Balaban J connectivity index is 0.000000310. The van der Waals surface area contributed by atoms with Gasteiger partial charge in [0.05, 0.1) is 0 Å². The lowest BCUT2D eigenvalue weighted by Gasteiger charge is -1.91. The zero-order valence-corrected chi connectivity index (χ0v) is 9.16. The molecule has 5 heteroatoms. The summed E-state index contributed by atoms with van der Waals surface area (Å²) in [5.41, 5.74) is 10.3. The Bertz CT molecular complexity index is 257. The number of rotatable bonds is 1. The minimum absolute atomic E-state index is 0.000000000000000222. The van der Waals surface area contributed by atoms with E-state index in [0.717, 1.165) is 10.6 Å². The average Bonchev–Trinajstić information content (AvgIpc) is 2.05. The summed E-state index contributed by atoms with van der Waals surface area (Å²) in [6.07, 6.45) is 0. The molecule has 0 fully saturated rings. The van der Waals surface area contributed by atoms with E-state index < -0.39 is 0 Å². The van der Waals surface area contributed by atoms with Crippen molar-refractivity contribution in [2.45, 2.75) is 5.88 Å². The maximum absolute atomic E-state index is 5.63. The predicted octanol–water partition coefficient (Wildman–Crippen LogP) is 2.27. The summed E-state index contributed by atoms with van der Waals surface area (Å²) in [5, 5.41) is 0.754. The van der Waals surface area contributed by atoms with Gasteiger partial charge >= 0.3 is 0 Å². The summed E-state index contributed by atoms with van der Waals surface area (Å²) >= 11 is 15.3. The predicted molar refractivity (Wildman–Crippen MR) is 62.0 cm³/mol. The molecule has 13 heavy (non-hydrogen) atoms. The number of alkyl halides is 1. The van der Waals surface area contributed by atoms with Gasteiger partial charge < -0.3 is 11.5 Å². The van der Waals surface area contributed by atoms with E-state index in [2.05, 4.69) is 23.7 Å². The van der Waals surface area contributed by atoms with E-state index in [1.54, 1.807) is 0 Å². The van der Waals surface area contributed by atoms with Crippen LogP contribution in [0.3, 0.4) is 0 Å². The smallest absolute Gasteiger partial charge is 0.160 e. The highest BCUT2D eigenvalue weighted by Crippen LogP contribution is 2.10. The molecule has 72 valence electrons. The summed E-state index contributed by atoms with van der Waals surface area (Å²) in [6, 6.07) is 7.49. The Morgan fingerprint density at radius 3 is 1.92 bits per heavy atom. The van der Waals surface area contributed by atoms with Gasteiger partial charge in [-0.15, -0.1) is 11.6 Å². The Morgan fingerprint density at radius 1 is 1.23 bits per heavy atom. The van der Waals surface area contributed by atoms with Crippen LogP contribution in [0.15, 0.2) is 24.3 Å². The van der Waals surface area contributed by atoms with Gasteiger partial charge in [-0.05, 0) is 29.9 Å². The SMILES string of the molecule is ClCc1ccc(Cl)cc1.NC(N)=S. The summed E-state index contributed by atoms with van der Waals surface area (Å²) in [7, 11) is 0. The second kappa shape index (κ2) is 6.95. The van der Waals surface area contributed by atoms with Gasteiger partial charge in [0.2, 0.25) is 0 Å². The fraction of sp³-hybridized carbons (Fsp3) is 0.125. The number of halogens is 2. The van der Waals surface area contributed by atoms with Crippen LogP contribution in [0.1, 0.15) is 5.56 Å². The van der Waals surface area contributed by atoms with Gasteiger partial charge in [0, 0.05) is 10.9 Å². The van der Waals surface area contributed by atoms with Gasteiger partial charge in [0.25, 0.3) is 0 Å². The molecular weight excluding hydrogens is 227 g/mol. The van der Waals surface area contributed by atoms with E-state index in [-0.39, 0.29) is 5.11 Å². The van der Waals surface area contributed by atoms with E-state index in [1.807, 2.05) is 24.3 Å². The van der Waals surface area contributed by atoms with Gasteiger partial charge in [0.15, 0.2) is 5.11 Å². The maximum atomic E-state index is 5.63. The lowest BCUT2D eigenvalue weighted by molar-refractivity contribution is 1.40. The van der Waals surface area contributed by atoms with Crippen molar-refractivity contribution in [1.82, 2.24) is 0 Å². The summed E-state index contributed by atoms with van der Waals surface area (Å²) in [6.45, 7) is 0. The zero-order valence-electron chi connectivity index (χ0n) is 6.84. The van der Waals surface area contributed by atoms with Crippen LogP contribution in [0.25, 0.3) is 0 Å². The van der Waals surface area contributed by atoms with Crippen LogP contribution in [0.2, 0.25) is 5.02 Å². The fourth-order valence-corrected chi connectivity index (χ4v) is 0.878. The van der Waals surface area contributed by atoms with Crippen molar-refractivity contribution in [3.63, 3.8) is 0 Å². The first-order valence-electron chi connectivity index (χ1n) is 3.41. The number of nitrogens with two attached hydrogens (primary N) is 2. The highest BCUT2D eigenvalue weighted by molar-refractivity contribution is 7.80. The normalized spacial score (nSPS) is 8.46. The van der Waals surface area contributed by atoms with Crippen LogP contribution in [-0.4, -0.2) is 5.11 Å². The molecule has 0 heterocycles. The largest absolute Gasteiger partial charge is 0.377 e. The standard InChI is InChI=1S/C7H6Cl2.CH4N2S/c8-5-6-1-3-7(9)4-2-6;2-1(3)4/h1-4H,5H2;(H4,2,3,4). The zero-order chi connectivity index (χ0) is 10.3. The molecule has 0 aliphatic heterocycles. The second-order valence-electron chi connectivity index (χ2n) is 2.16.